The van der Waals surface area contributed by atoms with Crippen molar-refractivity contribution in [3.8, 4) is 0 Å². The Morgan fingerprint density at radius 1 is 0.469 bits per heavy atom. The van der Waals surface area contributed by atoms with Crippen molar-refractivity contribution >= 4 is 11.9 Å². The molecule has 0 radical (unpaired) electrons. The quantitative estimate of drug-likeness (QED) is 0.0321. The second-order valence-corrected chi connectivity index (χ2v) is 19.0. The highest BCUT2D eigenvalue weighted by Crippen LogP contribution is 2.18. The highest BCUT2D eigenvalue weighted by Gasteiger charge is 2.24. The minimum Gasteiger partial charge on any atom is -0.462 e. The first kappa shape index (κ1) is 61.8. The molecular formula is C58H107NO5. The third kappa shape index (κ3) is 46.4. The number of carbonyl (C=O) groups is 2. The number of allylic oxidation sites excluding steroid dienone is 8. The molecule has 0 saturated carbocycles. The van der Waals surface area contributed by atoms with Crippen LogP contribution >= 0.6 is 0 Å². The van der Waals surface area contributed by atoms with Crippen LogP contribution in [0, 0.1) is 0 Å². The van der Waals surface area contributed by atoms with E-state index in [1.165, 1.54) is 148 Å². The lowest BCUT2D eigenvalue weighted by molar-refractivity contribution is -0.151. The zero-order chi connectivity index (χ0) is 46.7. The normalized spacial score (nSPS) is 13.5. The van der Waals surface area contributed by atoms with Crippen molar-refractivity contribution in [3.63, 3.8) is 0 Å². The summed E-state index contributed by atoms with van der Waals surface area (Å²) in [6, 6.07) is -0.709. The monoisotopic (exact) mass is 898 g/mol. The van der Waals surface area contributed by atoms with E-state index in [2.05, 4.69) is 74.7 Å². The average molecular weight is 898 g/mol. The largest absolute Gasteiger partial charge is 0.462 e. The van der Waals surface area contributed by atoms with E-state index in [1.807, 2.05) is 0 Å². The number of carbonyl (C=O) groups excluding carboxylic acids is 2. The molecule has 1 amide bonds. The van der Waals surface area contributed by atoms with Crippen molar-refractivity contribution in [1.29, 1.82) is 0 Å². The van der Waals surface area contributed by atoms with Gasteiger partial charge in [0.2, 0.25) is 5.91 Å². The molecule has 6 heteroatoms. The van der Waals surface area contributed by atoms with Crippen molar-refractivity contribution in [2.45, 2.75) is 302 Å². The molecule has 0 heterocycles. The standard InChI is InChI=1S/C58H107NO5/c1-4-7-10-13-16-19-22-25-27-29-32-34-37-40-43-46-49-54(64-58(63)51-48-45-42-39-36-33-30-28-26-23-20-17-14-11-8-5-2)52-57(62)59-55(53-60)56(61)50-47-44-41-38-35-31-24-21-18-15-12-9-6-3/h8,11,17,20,26,28,32,34,54-56,60-61H,4-7,9-10,12-16,18-19,21-25,27,29-31,33,35-53H2,1-3H3,(H,59,62)/b11-8+,20-17+,28-26+,34-32+. The maximum Gasteiger partial charge on any atom is 0.306 e. The number of hydrogen-bond donors (Lipinski definition) is 3. The first-order valence-electron chi connectivity index (χ1n) is 27.9. The fourth-order valence-corrected chi connectivity index (χ4v) is 8.44. The number of amides is 1. The van der Waals surface area contributed by atoms with Gasteiger partial charge in [-0.15, -0.1) is 0 Å². The molecule has 0 fully saturated rings. The van der Waals surface area contributed by atoms with Crippen LogP contribution in [-0.2, 0) is 14.3 Å². The Kier molecular flexibility index (Phi) is 50.0. The van der Waals surface area contributed by atoms with Crippen molar-refractivity contribution in [2.75, 3.05) is 6.61 Å². The number of unbranched alkanes of at least 4 members (excludes halogenated alkanes) is 30. The van der Waals surface area contributed by atoms with Gasteiger partial charge in [-0.1, -0.05) is 236 Å². The molecule has 6 nitrogen and oxygen atoms in total. The van der Waals surface area contributed by atoms with Gasteiger partial charge in [0.05, 0.1) is 25.2 Å². The van der Waals surface area contributed by atoms with Crippen LogP contribution in [0.3, 0.4) is 0 Å². The van der Waals surface area contributed by atoms with Gasteiger partial charge in [0.15, 0.2) is 0 Å². The van der Waals surface area contributed by atoms with Crippen LogP contribution in [0.15, 0.2) is 48.6 Å². The van der Waals surface area contributed by atoms with Crippen LogP contribution in [0.1, 0.15) is 284 Å². The van der Waals surface area contributed by atoms with Crippen molar-refractivity contribution in [3.05, 3.63) is 48.6 Å². The maximum absolute atomic E-state index is 13.2. The summed E-state index contributed by atoms with van der Waals surface area (Å²) in [7, 11) is 0. The number of ether oxygens (including phenoxy) is 1. The molecule has 0 aromatic heterocycles. The number of aliphatic hydroxyl groups is 2. The lowest BCUT2D eigenvalue weighted by Crippen LogP contribution is -2.46. The molecule has 0 saturated heterocycles. The minimum atomic E-state index is -0.794. The van der Waals surface area contributed by atoms with Gasteiger partial charge in [0.1, 0.15) is 6.10 Å². The Bertz CT molecular complexity index is 1100. The van der Waals surface area contributed by atoms with Gasteiger partial charge in [0.25, 0.3) is 0 Å². The zero-order valence-electron chi connectivity index (χ0n) is 42.7. The minimum absolute atomic E-state index is 0.0629. The number of rotatable bonds is 50. The summed E-state index contributed by atoms with van der Waals surface area (Å²) < 4.78 is 5.94. The smallest absolute Gasteiger partial charge is 0.306 e. The van der Waals surface area contributed by atoms with E-state index in [9.17, 15) is 19.8 Å². The summed E-state index contributed by atoms with van der Waals surface area (Å²) >= 11 is 0. The highest BCUT2D eigenvalue weighted by atomic mass is 16.5. The van der Waals surface area contributed by atoms with Crippen LogP contribution in [0.4, 0.5) is 0 Å². The molecule has 0 spiro atoms. The van der Waals surface area contributed by atoms with E-state index in [-0.39, 0.29) is 24.9 Å². The predicted molar refractivity (Wildman–Crippen MR) is 278 cm³/mol. The van der Waals surface area contributed by atoms with Crippen LogP contribution in [-0.4, -0.2) is 46.9 Å². The Hall–Kier alpha value is -2.18. The van der Waals surface area contributed by atoms with Crippen molar-refractivity contribution in [1.82, 2.24) is 5.32 Å². The molecule has 0 bridgehead atoms. The number of hydrogen-bond acceptors (Lipinski definition) is 5. The molecule has 3 unspecified atom stereocenters. The SMILES string of the molecule is CC/C=C/C/C=C/C/C=C/CCCCCCCCC(=O)OC(CCCCC/C=C/CCCCCCCCCCC)CC(=O)NC(CO)C(O)CCCCCCCCCCCCCCC. The van der Waals surface area contributed by atoms with Crippen molar-refractivity contribution < 1.29 is 24.5 Å². The van der Waals surface area contributed by atoms with Gasteiger partial charge in [-0.2, -0.15) is 0 Å². The Morgan fingerprint density at radius 3 is 1.31 bits per heavy atom. The van der Waals surface area contributed by atoms with Gasteiger partial charge < -0.3 is 20.3 Å². The molecule has 64 heavy (non-hydrogen) atoms. The van der Waals surface area contributed by atoms with E-state index in [0.29, 0.717) is 19.3 Å². The summed E-state index contributed by atoms with van der Waals surface area (Å²) in [6.07, 6.45) is 63.1. The molecule has 3 N–H and O–H groups in total. The van der Waals surface area contributed by atoms with Gasteiger partial charge in [-0.3, -0.25) is 9.59 Å². The summed E-state index contributed by atoms with van der Waals surface area (Å²) in [5.41, 5.74) is 0. The van der Waals surface area contributed by atoms with Crippen molar-refractivity contribution in [2.24, 2.45) is 0 Å². The number of esters is 1. The number of aliphatic hydroxyl groups excluding tert-OH is 2. The van der Waals surface area contributed by atoms with Gasteiger partial charge >= 0.3 is 5.97 Å². The summed E-state index contributed by atoms with van der Waals surface area (Å²) in [4.78, 5) is 26.2. The van der Waals surface area contributed by atoms with E-state index < -0.39 is 18.2 Å². The predicted octanol–water partition coefficient (Wildman–Crippen LogP) is 17.0. The van der Waals surface area contributed by atoms with Gasteiger partial charge in [0, 0.05) is 6.42 Å². The van der Waals surface area contributed by atoms with E-state index in [4.69, 9.17) is 4.74 Å². The average Bonchev–Trinajstić information content (AvgIpc) is 3.29. The molecule has 0 aliphatic carbocycles. The second kappa shape index (κ2) is 51.8. The molecule has 374 valence electrons. The fourth-order valence-electron chi connectivity index (χ4n) is 8.44. The summed E-state index contributed by atoms with van der Waals surface area (Å²) in [6.45, 7) is 6.39. The van der Waals surface area contributed by atoms with Gasteiger partial charge in [-0.25, -0.2) is 0 Å². The lowest BCUT2D eigenvalue weighted by atomic mass is 10.0. The highest BCUT2D eigenvalue weighted by molar-refractivity contribution is 5.77. The van der Waals surface area contributed by atoms with E-state index >= 15 is 0 Å². The Labute approximate surface area is 397 Å². The van der Waals surface area contributed by atoms with Crippen LogP contribution in [0.2, 0.25) is 0 Å². The first-order valence-corrected chi connectivity index (χ1v) is 27.9. The zero-order valence-corrected chi connectivity index (χ0v) is 42.7. The Morgan fingerprint density at radius 2 is 0.844 bits per heavy atom. The molecule has 0 aromatic rings. The van der Waals surface area contributed by atoms with E-state index in [0.717, 1.165) is 89.9 Å². The topological polar surface area (TPSA) is 95.9 Å². The fraction of sp³-hybridized carbons (Fsp3) is 0.828. The van der Waals surface area contributed by atoms with Crippen LogP contribution in [0.25, 0.3) is 0 Å². The molecule has 0 aliphatic rings. The molecule has 0 rings (SSSR count). The summed E-state index contributed by atoms with van der Waals surface area (Å²) in [5, 5.41) is 23.8. The second-order valence-electron chi connectivity index (χ2n) is 19.0. The Balaban J connectivity index is 4.60. The first-order chi connectivity index (χ1) is 31.5. The molecular weight excluding hydrogens is 791 g/mol. The summed E-state index contributed by atoms with van der Waals surface area (Å²) in [5.74, 6) is -0.495. The molecule has 0 aliphatic heterocycles. The number of nitrogens with one attached hydrogen (secondary N) is 1. The maximum atomic E-state index is 13.2. The third-order valence-electron chi connectivity index (χ3n) is 12.6. The lowest BCUT2D eigenvalue weighted by Gasteiger charge is -2.24. The van der Waals surface area contributed by atoms with E-state index in [1.54, 1.807) is 0 Å². The van der Waals surface area contributed by atoms with Gasteiger partial charge in [-0.05, 0) is 83.5 Å². The third-order valence-corrected chi connectivity index (χ3v) is 12.6. The van der Waals surface area contributed by atoms with Crippen LogP contribution < -0.4 is 5.32 Å². The molecule has 3 atom stereocenters. The van der Waals surface area contributed by atoms with Crippen LogP contribution in [0.5, 0.6) is 0 Å². The molecule has 0 aromatic carbocycles.